The third-order valence-electron chi connectivity index (χ3n) is 4.68. The molecule has 2 saturated heterocycles. The molecule has 0 saturated carbocycles. The van der Waals surface area contributed by atoms with E-state index in [9.17, 15) is 19.5 Å². The number of amides is 2. The van der Waals surface area contributed by atoms with E-state index in [1.807, 2.05) is 0 Å². The first-order valence-electron chi connectivity index (χ1n) is 7.13. The van der Waals surface area contributed by atoms with Gasteiger partial charge < -0.3 is 20.5 Å². The SMILES string of the molecule is NC(=O)C1CCN(C(=O)[C@H]2[C@@H](C(=O)O)[C@@H]3C=C[C@@H]2O3)CC1. The monoisotopic (exact) mass is 294 g/mol. The number of rotatable bonds is 3. The van der Waals surface area contributed by atoms with Gasteiger partial charge in [0.25, 0.3) is 0 Å². The van der Waals surface area contributed by atoms with Crippen LogP contribution < -0.4 is 5.73 Å². The first kappa shape index (κ1) is 14.1. The summed E-state index contributed by atoms with van der Waals surface area (Å²) < 4.78 is 5.52. The van der Waals surface area contributed by atoms with E-state index in [0.29, 0.717) is 25.9 Å². The third kappa shape index (κ3) is 2.31. The Kier molecular flexibility index (Phi) is 3.44. The molecule has 2 fully saturated rings. The van der Waals surface area contributed by atoms with Gasteiger partial charge in [-0.2, -0.15) is 0 Å². The maximum atomic E-state index is 12.6. The number of carbonyl (C=O) groups is 3. The summed E-state index contributed by atoms with van der Waals surface area (Å²) in [7, 11) is 0. The predicted molar refractivity (Wildman–Crippen MR) is 70.9 cm³/mol. The number of carboxylic acid groups (broad SMARTS) is 1. The number of carboxylic acids is 1. The lowest BCUT2D eigenvalue weighted by Gasteiger charge is -2.34. The van der Waals surface area contributed by atoms with E-state index in [2.05, 4.69) is 0 Å². The molecule has 114 valence electrons. The summed E-state index contributed by atoms with van der Waals surface area (Å²) in [4.78, 5) is 36.8. The van der Waals surface area contributed by atoms with Crippen molar-refractivity contribution >= 4 is 17.8 Å². The zero-order chi connectivity index (χ0) is 15.1. The summed E-state index contributed by atoms with van der Waals surface area (Å²) >= 11 is 0. The molecule has 3 heterocycles. The molecule has 0 unspecified atom stereocenters. The van der Waals surface area contributed by atoms with Crippen molar-refractivity contribution < 1.29 is 24.2 Å². The maximum Gasteiger partial charge on any atom is 0.310 e. The largest absolute Gasteiger partial charge is 0.481 e. The Balaban J connectivity index is 1.70. The predicted octanol–water partition coefficient (Wildman–Crippen LogP) is -0.635. The number of likely N-dealkylation sites (tertiary alicyclic amines) is 1. The second kappa shape index (κ2) is 5.14. The van der Waals surface area contributed by atoms with Gasteiger partial charge in [0.05, 0.1) is 18.1 Å². The molecule has 0 aromatic heterocycles. The van der Waals surface area contributed by atoms with Crippen molar-refractivity contribution in [1.29, 1.82) is 0 Å². The Morgan fingerprint density at radius 2 is 1.67 bits per heavy atom. The molecule has 0 aromatic rings. The molecule has 0 radical (unpaired) electrons. The second-order valence-electron chi connectivity index (χ2n) is 5.84. The fraction of sp³-hybridized carbons (Fsp3) is 0.643. The molecule has 3 rings (SSSR count). The molecule has 4 atom stereocenters. The third-order valence-corrected chi connectivity index (χ3v) is 4.68. The molecular weight excluding hydrogens is 276 g/mol. The number of hydrogen-bond donors (Lipinski definition) is 2. The van der Waals surface area contributed by atoms with Gasteiger partial charge in [-0.25, -0.2) is 0 Å². The summed E-state index contributed by atoms with van der Waals surface area (Å²) in [6.45, 7) is 0.882. The van der Waals surface area contributed by atoms with Gasteiger partial charge in [-0.15, -0.1) is 0 Å². The number of piperidine rings is 1. The average molecular weight is 294 g/mol. The number of nitrogens with zero attached hydrogens (tertiary/aromatic N) is 1. The fourth-order valence-corrected chi connectivity index (χ4v) is 3.49. The average Bonchev–Trinajstić information content (AvgIpc) is 3.07. The standard InChI is InChI=1S/C14H18N2O5/c15-12(17)7-3-5-16(6-4-7)13(18)10-8-1-2-9(21-8)11(10)14(19)20/h1-2,7-11H,3-6H2,(H2,15,17)(H,19,20)/t8-,9-,10+,11-/m0/s1. The van der Waals surface area contributed by atoms with Crippen LogP contribution in [0.2, 0.25) is 0 Å². The minimum Gasteiger partial charge on any atom is -0.481 e. The number of ether oxygens (including phenoxy) is 1. The molecule has 7 nitrogen and oxygen atoms in total. The number of carbonyl (C=O) groups excluding carboxylic acids is 2. The van der Waals surface area contributed by atoms with Gasteiger partial charge >= 0.3 is 5.97 Å². The maximum absolute atomic E-state index is 12.6. The minimum absolute atomic E-state index is 0.192. The molecule has 0 aliphatic carbocycles. The van der Waals surface area contributed by atoms with Crippen LogP contribution in [-0.4, -0.2) is 53.1 Å². The number of aliphatic carboxylic acids is 1. The fourth-order valence-electron chi connectivity index (χ4n) is 3.49. The normalized spacial score (nSPS) is 35.1. The smallest absolute Gasteiger partial charge is 0.310 e. The highest BCUT2D eigenvalue weighted by Gasteiger charge is 2.54. The topological polar surface area (TPSA) is 110 Å². The lowest BCUT2D eigenvalue weighted by Crippen LogP contribution is -2.48. The molecule has 2 amide bonds. The van der Waals surface area contributed by atoms with Crippen LogP contribution in [-0.2, 0) is 19.1 Å². The van der Waals surface area contributed by atoms with Crippen LogP contribution in [0.25, 0.3) is 0 Å². The van der Waals surface area contributed by atoms with Crippen molar-refractivity contribution in [2.75, 3.05) is 13.1 Å². The number of fused-ring (bicyclic) bond motifs is 2. The van der Waals surface area contributed by atoms with E-state index < -0.39 is 30.0 Å². The Labute approximate surface area is 121 Å². The molecule has 3 N–H and O–H groups in total. The Bertz CT molecular complexity index is 509. The van der Waals surface area contributed by atoms with Crippen molar-refractivity contribution in [3.8, 4) is 0 Å². The van der Waals surface area contributed by atoms with E-state index in [1.165, 1.54) is 0 Å². The highest BCUT2D eigenvalue weighted by atomic mass is 16.5. The van der Waals surface area contributed by atoms with Crippen LogP contribution in [0.1, 0.15) is 12.8 Å². The van der Waals surface area contributed by atoms with Crippen LogP contribution in [0.15, 0.2) is 12.2 Å². The first-order chi connectivity index (χ1) is 9.99. The molecule has 21 heavy (non-hydrogen) atoms. The number of nitrogens with two attached hydrogens (primary N) is 1. The second-order valence-corrected chi connectivity index (χ2v) is 5.84. The van der Waals surface area contributed by atoms with Crippen LogP contribution in [0.5, 0.6) is 0 Å². The summed E-state index contributed by atoms with van der Waals surface area (Å²) in [5.41, 5.74) is 5.27. The summed E-state index contributed by atoms with van der Waals surface area (Å²) in [6, 6.07) is 0. The van der Waals surface area contributed by atoms with Crippen molar-refractivity contribution in [2.24, 2.45) is 23.5 Å². The van der Waals surface area contributed by atoms with Gasteiger partial charge in [0.15, 0.2) is 0 Å². The first-order valence-corrected chi connectivity index (χ1v) is 7.13. The molecular formula is C14H18N2O5. The van der Waals surface area contributed by atoms with Crippen LogP contribution >= 0.6 is 0 Å². The summed E-state index contributed by atoms with van der Waals surface area (Å²) in [5, 5.41) is 9.32. The number of hydrogen-bond acceptors (Lipinski definition) is 4. The van der Waals surface area contributed by atoms with Crippen molar-refractivity contribution in [3.05, 3.63) is 12.2 Å². The quantitative estimate of drug-likeness (QED) is 0.673. The molecule has 3 aliphatic rings. The number of primary amides is 1. The lowest BCUT2D eigenvalue weighted by atomic mass is 9.81. The lowest BCUT2D eigenvalue weighted by molar-refractivity contribution is -0.150. The molecule has 0 spiro atoms. The zero-order valence-electron chi connectivity index (χ0n) is 11.5. The Morgan fingerprint density at radius 3 is 2.19 bits per heavy atom. The highest BCUT2D eigenvalue weighted by molar-refractivity contribution is 5.87. The van der Waals surface area contributed by atoms with E-state index in [0.717, 1.165) is 0 Å². The van der Waals surface area contributed by atoms with E-state index in [-0.39, 0.29) is 17.7 Å². The van der Waals surface area contributed by atoms with E-state index in [1.54, 1.807) is 17.1 Å². The van der Waals surface area contributed by atoms with Gasteiger partial charge in [-0.05, 0) is 12.8 Å². The van der Waals surface area contributed by atoms with Crippen molar-refractivity contribution in [1.82, 2.24) is 4.90 Å². The molecule has 0 aromatic carbocycles. The van der Waals surface area contributed by atoms with Gasteiger partial charge in [-0.1, -0.05) is 12.2 Å². The summed E-state index contributed by atoms with van der Waals surface area (Å²) in [5.74, 6) is -3.21. The molecule has 3 aliphatic heterocycles. The van der Waals surface area contributed by atoms with Gasteiger partial charge in [0.2, 0.25) is 11.8 Å². The Hall–Kier alpha value is -1.89. The highest BCUT2D eigenvalue weighted by Crippen LogP contribution is 2.40. The zero-order valence-corrected chi connectivity index (χ0v) is 11.5. The molecule has 7 heteroatoms. The van der Waals surface area contributed by atoms with Crippen molar-refractivity contribution in [2.45, 2.75) is 25.0 Å². The van der Waals surface area contributed by atoms with Crippen molar-refractivity contribution in [3.63, 3.8) is 0 Å². The van der Waals surface area contributed by atoms with Crippen LogP contribution in [0, 0.1) is 17.8 Å². The minimum atomic E-state index is -1.00. The van der Waals surface area contributed by atoms with Gasteiger partial charge in [0, 0.05) is 19.0 Å². The van der Waals surface area contributed by atoms with Crippen LogP contribution in [0.3, 0.4) is 0 Å². The Morgan fingerprint density at radius 1 is 1.10 bits per heavy atom. The van der Waals surface area contributed by atoms with Crippen LogP contribution in [0.4, 0.5) is 0 Å². The van der Waals surface area contributed by atoms with E-state index >= 15 is 0 Å². The molecule has 2 bridgehead atoms. The van der Waals surface area contributed by atoms with Gasteiger partial charge in [0.1, 0.15) is 5.92 Å². The summed E-state index contributed by atoms with van der Waals surface area (Å²) in [6.07, 6.45) is 3.60. The van der Waals surface area contributed by atoms with Gasteiger partial charge in [-0.3, -0.25) is 14.4 Å². The van der Waals surface area contributed by atoms with E-state index in [4.69, 9.17) is 10.5 Å².